The van der Waals surface area contributed by atoms with Crippen molar-refractivity contribution in [2.24, 2.45) is 0 Å². The third-order valence-corrected chi connectivity index (χ3v) is 3.32. The van der Waals surface area contributed by atoms with Gasteiger partial charge in [-0.15, -0.1) is 0 Å². The van der Waals surface area contributed by atoms with Gasteiger partial charge in [0.05, 0.1) is 0 Å². The Kier molecular flexibility index (Phi) is 5.81. The van der Waals surface area contributed by atoms with E-state index < -0.39 is 0 Å². The first-order valence-electron chi connectivity index (χ1n) is 7.46. The number of carbonyl (C=O) groups excluding carboxylic acids is 1. The van der Waals surface area contributed by atoms with Crippen molar-refractivity contribution in [2.75, 3.05) is 13.1 Å². The zero-order valence-electron chi connectivity index (χ0n) is 12.2. The maximum atomic E-state index is 11.5. The van der Waals surface area contributed by atoms with Gasteiger partial charge in [0.2, 0.25) is 5.91 Å². The van der Waals surface area contributed by atoms with Gasteiger partial charge in [0.1, 0.15) is 0 Å². The molecule has 20 heavy (non-hydrogen) atoms. The Morgan fingerprint density at radius 3 is 2.75 bits per heavy atom. The highest BCUT2D eigenvalue weighted by atomic mass is 16.1. The molecule has 1 saturated carbocycles. The summed E-state index contributed by atoms with van der Waals surface area (Å²) in [6, 6.07) is 10.8. The summed E-state index contributed by atoms with van der Waals surface area (Å²) in [5, 5.41) is 6.39. The van der Waals surface area contributed by atoms with E-state index in [4.69, 9.17) is 0 Å². The number of hydrogen-bond acceptors (Lipinski definition) is 2. The topological polar surface area (TPSA) is 41.1 Å². The van der Waals surface area contributed by atoms with Crippen molar-refractivity contribution in [3.63, 3.8) is 0 Å². The van der Waals surface area contributed by atoms with Gasteiger partial charge in [-0.1, -0.05) is 42.0 Å². The van der Waals surface area contributed by atoms with Crippen LogP contribution < -0.4 is 10.6 Å². The maximum Gasteiger partial charge on any atom is 0.220 e. The Labute approximate surface area is 121 Å². The molecule has 1 fully saturated rings. The van der Waals surface area contributed by atoms with Gasteiger partial charge in [0, 0.05) is 19.0 Å². The molecule has 0 radical (unpaired) electrons. The SMILES string of the molecule is C/C(=C/c1ccccc1)CNCCCC(=O)NC1CC1. The summed E-state index contributed by atoms with van der Waals surface area (Å²) in [6.07, 6.45) is 6.04. The van der Waals surface area contributed by atoms with E-state index in [2.05, 4.69) is 35.8 Å². The Balaban J connectivity index is 1.56. The van der Waals surface area contributed by atoms with E-state index in [1.165, 1.54) is 11.1 Å². The van der Waals surface area contributed by atoms with E-state index >= 15 is 0 Å². The summed E-state index contributed by atoms with van der Waals surface area (Å²) >= 11 is 0. The van der Waals surface area contributed by atoms with Crippen molar-refractivity contribution in [2.45, 2.75) is 38.6 Å². The van der Waals surface area contributed by atoms with Crippen LogP contribution in [0.3, 0.4) is 0 Å². The highest BCUT2D eigenvalue weighted by Gasteiger charge is 2.22. The van der Waals surface area contributed by atoms with Crippen LogP contribution in [0.2, 0.25) is 0 Å². The first-order valence-corrected chi connectivity index (χ1v) is 7.46. The molecule has 108 valence electrons. The second-order valence-corrected chi connectivity index (χ2v) is 5.52. The standard InChI is InChI=1S/C17H24N2O/c1-14(12-15-6-3-2-4-7-15)13-18-11-5-8-17(20)19-16-9-10-16/h2-4,6-7,12,16,18H,5,8-11,13H2,1H3,(H,19,20)/b14-12-. The van der Waals surface area contributed by atoms with Gasteiger partial charge in [0.25, 0.3) is 0 Å². The van der Waals surface area contributed by atoms with Crippen molar-refractivity contribution in [3.05, 3.63) is 41.5 Å². The first-order chi connectivity index (χ1) is 9.74. The van der Waals surface area contributed by atoms with Gasteiger partial charge in [-0.05, 0) is 38.3 Å². The molecule has 2 rings (SSSR count). The molecule has 2 N–H and O–H groups in total. The van der Waals surface area contributed by atoms with E-state index in [0.29, 0.717) is 12.5 Å². The number of benzene rings is 1. The number of carbonyl (C=O) groups is 1. The van der Waals surface area contributed by atoms with E-state index in [-0.39, 0.29) is 5.91 Å². The second kappa shape index (κ2) is 7.85. The molecule has 0 bridgehead atoms. The zero-order valence-corrected chi connectivity index (χ0v) is 12.2. The molecule has 0 aromatic heterocycles. The van der Waals surface area contributed by atoms with Crippen molar-refractivity contribution < 1.29 is 4.79 Å². The van der Waals surface area contributed by atoms with Gasteiger partial charge < -0.3 is 10.6 Å². The molecule has 0 spiro atoms. The summed E-state index contributed by atoms with van der Waals surface area (Å²) in [5.41, 5.74) is 2.54. The van der Waals surface area contributed by atoms with Gasteiger partial charge in [0.15, 0.2) is 0 Å². The number of nitrogens with one attached hydrogen (secondary N) is 2. The fourth-order valence-electron chi connectivity index (χ4n) is 2.07. The van der Waals surface area contributed by atoms with Crippen LogP contribution in [0.1, 0.15) is 38.2 Å². The van der Waals surface area contributed by atoms with Crippen LogP contribution in [0.15, 0.2) is 35.9 Å². The number of hydrogen-bond donors (Lipinski definition) is 2. The molecule has 1 aliphatic rings. The van der Waals surface area contributed by atoms with Crippen LogP contribution in [-0.2, 0) is 4.79 Å². The monoisotopic (exact) mass is 272 g/mol. The molecule has 3 heteroatoms. The van der Waals surface area contributed by atoms with Crippen LogP contribution in [0, 0.1) is 0 Å². The van der Waals surface area contributed by atoms with Crippen LogP contribution in [0.25, 0.3) is 6.08 Å². The Bertz CT molecular complexity index is 449. The second-order valence-electron chi connectivity index (χ2n) is 5.52. The normalized spacial score (nSPS) is 15.2. The lowest BCUT2D eigenvalue weighted by Gasteiger charge is -2.06. The lowest BCUT2D eigenvalue weighted by atomic mass is 10.1. The van der Waals surface area contributed by atoms with Gasteiger partial charge in [-0.2, -0.15) is 0 Å². The lowest BCUT2D eigenvalue weighted by molar-refractivity contribution is -0.121. The third kappa shape index (κ3) is 6.02. The maximum absolute atomic E-state index is 11.5. The summed E-state index contributed by atoms with van der Waals surface area (Å²) in [7, 11) is 0. The van der Waals surface area contributed by atoms with Gasteiger partial charge in [-0.25, -0.2) is 0 Å². The van der Waals surface area contributed by atoms with Crippen LogP contribution in [0.4, 0.5) is 0 Å². The Morgan fingerprint density at radius 1 is 1.30 bits per heavy atom. The molecule has 0 atom stereocenters. The highest BCUT2D eigenvalue weighted by molar-refractivity contribution is 5.76. The largest absolute Gasteiger partial charge is 0.353 e. The minimum absolute atomic E-state index is 0.200. The van der Waals surface area contributed by atoms with Crippen molar-refractivity contribution in [1.29, 1.82) is 0 Å². The fourth-order valence-corrected chi connectivity index (χ4v) is 2.07. The molecule has 0 unspecified atom stereocenters. The fraction of sp³-hybridized carbons (Fsp3) is 0.471. The average Bonchev–Trinajstić information content (AvgIpc) is 3.23. The minimum Gasteiger partial charge on any atom is -0.353 e. The molecular weight excluding hydrogens is 248 g/mol. The molecule has 0 aliphatic heterocycles. The molecule has 0 saturated heterocycles. The highest BCUT2D eigenvalue weighted by Crippen LogP contribution is 2.18. The molecule has 1 amide bonds. The van der Waals surface area contributed by atoms with Crippen LogP contribution in [0.5, 0.6) is 0 Å². The zero-order chi connectivity index (χ0) is 14.2. The van der Waals surface area contributed by atoms with E-state index in [1.54, 1.807) is 0 Å². The molecule has 1 aromatic carbocycles. The van der Waals surface area contributed by atoms with Gasteiger partial charge in [-0.3, -0.25) is 4.79 Å². The van der Waals surface area contributed by atoms with Crippen LogP contribution in [-0.4, -0.2) is 25.0 Å². The first kappa shape index (κ1) is 14.8. The summed E-state index contributed by atoms with van der Waals surface area (Å²) in [6.45, 7) is 3.89. The molecule has 3 nitrogen and oxygen atoms in total. The van der Waals surface area contributed by atoms with E-state index in [9.17, 15) is 4.79 Å². The summed E-state index contributed by atoms with van der Waals surface area (Å²) in [4.78, 5) is 11.5. The van der Waals surface area contributed by atoms with E-state index in [0.717, 1.165) is 32.4 Å². The summed E-state index contributed by atoms with van der Waals surface area (Å²) in [5.74, 6) is 0.200. The minimum atomic E-state index is 0.200. The average molecular weight is 272 g/mol. The third-order valence-electron chi connectivity index (χ3n) is 3.32. The summed E-state index contributed by atoms with van der Waals surface area (Å²) < 4.78 is 0. The van der Waals surface area contributed by atoms with Crippen molar-refractivity contribution in [3.8, 4) is 0 Å². The van der Waals surface area contributed by atoms with Crippen molar-refractivity contribution >= 4 is 12.0 Å². The van der Waals surface area contributed by atoms with Gasteiger partial charge >= 0.3 is 0 Å². The molecular formula is C17H24N2O. The number of amides is 1. The van der Waals surface area contributed by atoms with Crippen LogP contribution >= 0.6 is 0 Å². The number of rotatable bonds is 8. The Morgan fingerprint density at radius 2 is 2.05 bits per heavy atom. The quantitative estimate of drug-likeness (QED) is 0.714. The Hall–Kier alpha value is -1.61. The lowest BCUT2D eigenvalue weighted by Crippen LogP contribution is -2.26. The predicted molar refractivity (Wildman–Crippen MR) is 83.4 cm³/mol. The smallest absolute Gasteiger partial charge is 0.220 e. The van der Waals surface area contributed by atoms with E-state index in [1.807, 2.05) is 18.2 Å². The molecule has 1 aliphatic carbocycles. The predicted octanol–water partition coefficient (Wildman–Crippen LogP) is 2.74. The molecule has 0 heterocycles. The van der Waals surface area contributed by atoms with Crippen molar-refractivity contribution in [1.82, 2.24) is 10.6 Å². The molecule has 1 aromatic rings.